The second-order valence-corrected chi connectivity index (χ2v) is 4.62. The van der Waals surface area contributed by atoms with Crippen LogP contribution in [0.5, 0.6) is 0 Å². The first-order valence-electron chi connectivity index (χ1n) is 6.04. The van der Waals surface area contributed by atoms with Crippen LogP contribution in [0.1, 0.15) is 5.56 Å². The van der Waals surface area contributed by atoms with Crippen LogP contribution < -0.4 is 0 Å². The third-order valence-corrected chi connectivity index (χ3v) is 3.35. The van der Waals surface area contributed by atoms with Gasteiger partial charge in [-0.25, -0.2) is 0 Å². The Labute approximate surface area is 105 Å². The Kier molecular flexibility index (Phi) is 3.32. The number of hydrogen-bond donors (Lipinski definition) is 2. The van der Waals surface area contributed by atoms with Crippen molar-refractivity contribution in [2.24, 2.45) is 0 Å². The maximum Gasteiger partial charge on any atom is 0.186 e. The molecule has 0 amide bonds. The molecule has 3 rings (SSSR count). The van der Waals surface area contributed by atoms with Crippen LogP contribution in [0.15, 0.2) is 30.3 Å². The molecule has 18 heavy (non-hydrogen) atoms. The van der Waals surface area contributed by atoms with E-state index in [-0.39, 0.29) is 0 Å². The van der Waals surface area contributed by atoms with Crippen molar-refractivity contribution in [2.45, 2.75) is 37.3 Å². The summed E-state index contributed by atoms with van der Waals surface area (Å²) in [5.41, 5.74) is 0.997. The topological polar surface area (TPSA) is 68.2 Å². The molecule has 5 atom stereocenters. The zero-order valence-corrected chi connectivity index (χ0v) is 9.81. The Hall–Kier alpha value is -0.980. The van der Waals surface area contributed by atoms with E-state index in [1.165, 1.54) is 0 Å². The maximum absolute atomic E-state index is 10.0. The van der Waals surface area contributed by atoms with Crippen LogP contribution >= 0.6 is 0 Å². The Balaban J connectivity index is 1.65. The van der Waals surface area contributed by atoms with E-state index in [0.29, 0.717) is 13.2 Å². The highest BCUT2D eigenvalue weighted by Crippen LogP contribution is 2.30. The molecule has 0 unspecified atom stereocenters. The summed E-state index contributed by atoms with van der Waals surface area (Å²) < 4.78 is 16.1. The van der Waals surface area contributed by atoms with Gasteiger partial charge in [-0.3, -0.25) is 0 Å². The van der Waals surface area contributed by atoms with Crippen molar-refractivity contribution < 1.29 is 24.4 Å². The molecule has 5 heteroatoms. The molecule has 2 aliphatic rings. The highest BCUT2D eigenvalue weighted by Gasteiger charge is 2.50. The minimum Gasteiger partial charge on any atom is -0.387 e. The van der Waals surface area contributed by atoms with Crippen LogP contribution in [-0.2, 0) is 20.8 Å². The quantitative estimate of drug-likeness (QED) is 0.795. The van der Waals surface area contributed by atoms with Gasteiger partial charge in [0.1, 0.15) is 24.4 Å². The molecule has 2 heterocycles. The fraction of sp³-hybridized carbons (Fsp3) is 0.538. The Morgan fingerprint density at radius 1 is 1.17 bits per heavy atom. The van der Waals surface area contributed by atoms with E-state index in [1.54, 1.807) is 0 Å². The fourth-order valence-corrected chi connectivity index (χ4v) is 2.33. The van der Waals surface area contributed by atoms with Crippen LogP contribution in [-0.4, -0.2) is 47.5 Å². The predicted molar refractivity (Wildman–Crippen MR) is 61.6 cm³/mol. The van der Waals surface area contributed by atoms with Gasteiger partial charge in [-0.15, -0.1) is 0 Å². The monoisotopic (exact) mass is 252 g/mol. The highest BCUT2D eigenvalue weighted by atomic mass is 16.7. The van der Waals surface area contributed by atoms with Gasteiger partial charge >= 0.3 is 0 Å². The summed E-state index contributed by atoms with van der Waals surface area (Å²) in [7, 11) is 0. The van der Waals surface area contributed by atoms with Crippen LogP contribution in [0.25, 0.3) is 0 Å². The smallest absolute Gasteiger partial charge is 0.186 e. The third-order valence-electron chi connectivity index (χ3n) is 3.35. The van der Waals surface area contributed by atoms with Crippen LogP contribution in [0.2, 0.25) is 0 Å². The summed E-state index contributed by atoms with van der Waals surface area (Å²) in [5, 5.41) is 20.0. The second kappa shape index (κ2) is 4.95. The summed E-state index contributed by atoms with van der Waals surface area (Å²) in [6.07, 6.45) is -3.57. The number of benzene rings is 1. The van der Waals surface area contributed by atoms with Gasteiger partial charge in [0.15, 0.2) is 6.29 Å². The van der Waals surface area contributed by atoms with Crippen LogP contribution in [0.3, 0.4) is 0 Å². The number of hydrogen-bond acceptors (Lipinski definition) is 5. The Morgan fingerprint density at radius 3 is 2.72 bits per heavy atom. The van der Waals surface area contributed by atoms with E-state index in [4.69, 9.17) is 14.2 Å². The first kappa shape index (κ1) is 12.1. The summed E-state index contributed by atoms with van der Waals surface area (Å²) in [4.78, 5) is 0. The van der Waals surface area contributed by atoms with Gasteiger partial charge in [-0.05, 0) is 5.56 Å². The number of aliphatic hydroxyl groups is 2. The average molecular weight is 252 g/mol. The first-order valence-corrected chi connectivity index (χ1v) is 6.04. The van der Waals surface area contributed by atoms with E-state index >= 15 is 0 Å². The number of fused-ring (bicyclic) bond motifs is 2. The van der Waals surface area contributed by atoms with Crippen LogP contribution in [0.4, 0.5) is 0 Å². The molecule has 2 N–H and O–H groups in total. The van der Waals surface area contributed by atoms with E-state index in [9.17, 15) is 10.2 Å². The minimum atomic E-state index is -0.956. The lowest BCUT2D eigenvalue weighted by atomic mass is 10.0. The molecular weight excluding hydrogens is 236 g/mol. The number of rotatable bonds is 3. The molecule has 1 aromatic carbocycles. The van der Waals surface area contributed by atoms with Gasteiger partial charge in [0.05, 0.1) is 13.2 Å². The van der Waals surface area contributed by atoms with E-state index < -0.39 is 30.7 Å². The van der Waals surface area contributed by atoms with Gasteiger partial charge in [0.2, 0.25) is 0 Å². The molecule has 98 valence electrons. The number of aliphatic hydroxyl groups excluding tert-OH is 2. The lowest BCUT2D eigenvalue weighted by Crippen LogP contribution is -2.54. The first-order chi connectivity index (χ1) is 8.75. The minimum absolute atomic E-state index is 0.300. The molecule has 0 saturated carbocycles. The maximum atomic E-state index is 10.0. The Bertz CT molecular complexity index is 380. The van der Waals surface area contributed by atoms with E-state index in [0.717, 1.165) is 5.56 Å². The summed E-state index contributed by atoms with van der Waals surface area (Å²) >= 11 is 0. The Morgan fingerprint density at radius 2 is 1.94 bits per heavy atom. The summed E-state index contributed by atoms with van der Waals surface area (Å²) in [6.45, 7) is 0.646. The van der Waals surface area contributed by atoms with Gasteiger partial charge in [-0.1, -0.05) is 30.3 Å². The van der Waals surface area contributed by atoms with Gasteiger partial charge in [-0.2, -0.15) is 0 Å². The number of ether oxygens (including phenoxy) is 3. The zero-order chi connectivity index (χ0) is 12.5. The van der Waals surface area contributed by atoms with Crippen molar-refractivity contribution in [3.8, 4) is 0 Å². The van der Waals surface area contributed by atoms with Gasteiger partial charge in [0, 0.05) is 0 Å². The molecule has 2 fully saturated rings. The fourth-order valence-electron chi connectivity index (χ4n) is 2.33. The van der Waals surface area contributed by atoms with Crippen molar-refractivity contribution in [3.63, 3.8) is 0 Å². The van der Waals surface area contributed by atoms with Gasteiger partial charge in [0.25, 0.3) is 0 Å². The molecule has 1 aromatic rings. The zero-order valence-electron chi connectivity index (χ0n) is 9.81. The summed E-state index contributed by atoms with van der Waals surface area (Å²) in [6, 6.07) is 9.63. The van der Waals surface area contributed by atoms with Crippen molar-refractivity contribution in [3.05, 3.63) is 35.9 Å². The van der Waals surface area contributed by atoms with Crippen molar-refractivity contribution >= 4 is 0 Å². The van der Waals surface area contributed by atoms with E-state index in [2.05, 4.69) is 0 Å². The molecule has 2 aliphatic heterocycles. The predicted octanol–water partition coefficient (Wildman–Crippen LogP) is 0.0487. The SMILES string of the molecule is O[C@H]1[C@@H]2OC[C@H](O2)[C@@H](O)[C@@H]1OCc1ccccc1. The second-order valence-electron chi connectivity index (χ2n) is 4.62. The average Bonchev–Trinajstić information content (AvgIpc) is 2.85. The molecular formula is C13H16O5. The van der Waals surface area contributed by atoms with Crippen molar-refractivity contribution in [1.29, 1.82) is 0 Å². The largest absolute Gasteiger partial charge is 0.387 e. The molecule has 0 spiro atoms. The molecule has 5 nitrogen and oxygen atoms in total. The van der Waals surface area contributed by atoms with E-state index in [1.807, 2.05) is 30.3 Å². The summed E-state index contributed by atoms with van der Waals surface area (Å²) in [5.74, 6) is 0. The molecule has 2 bridgehead atoms. The lowest BCUT2D eigenvalue weighted by molar-refractivity contribution is -0.242. The normalized spacial score (nSPS) is 38.9. The third kappa shape index (κ3) is 2.15. The van der Waals surface area contributed by atoms with Crippen LogP contribution in [0, 0.1) is 0 Å². The molecule has 0 aromatic heterocycles. The lowest BCUT2D eigenvalue weighted by Gasteiger charge is -2.35. The van der Waals surface area contributed by atoms with Gasteiger partial charge < -0.3 is 24.4 Å². The molecule has 0 radical (unpaired) electrons. The highest BCUT2D eigenvalue weighted by molar-refractivity contribution is 5.13. The molecule has 0 aliphatic carbocycles. The van der Waals surface area contributed by atoms with Crippen molar-refractivity contribution in [1.82, 2.24) is 0 Å². The van der Waals surface area contributed by atoms with Crippen molar-refractivity contribution in [2.75, 3.05) is 6.61 Å². The standard InChI is InChI=1S/C13H16O5/c14-10-9-7-17-13(18-9)11(15)12(10)16-6-8-4-2-1-3-5-8/h1-5,9-15H,6-7H2/t9-,10+,11+,12-,13+/m0/s1. The molecule has 2 saturated heterocycles.